The van der Waals surface area contributed by atoms with Crippen LogP contribution in [0.5, 0.6) is 0 Å². The molecule has 0 aliphatic heterocycles. The number of hydrogen-bond acceptors (Lipinski definition) is 5. The second-order valence-electron chi connectivity index (χ2n) is 5.26. The Balaban J connectivity index is 2.01. The van der Waals surface area contributed by atoms with Crippen molar-refractivity contribution in [1.82, 2.24) is 0 Å². The Kier molecular flexibility index (Phi) is 3.86. The number of benzene rings is 2. The van der Waals surface area contributed by atoms with E-state index in [1.807, 2.05) is 12.1 Å². The van der Waals surface area contributed by atoms with Crippen LogP contribution in [0.3, 0.4) is 0 Å². The number of anilines is 1. The number of nitro groups is 1. The van der Waals surface area contributed by atoms with Gasteiger partial charge in [-0.1, -0.05) is 0 Å². The molecule has 2 N–H and O–H groups in total. The first-order valence-electron chi connectivity index (χ1n) is 6.78. The summed E-state index contributed by atoms with van der Waals surface area (Å²) in [5.41, 5.74) is 10.8. The van der Waals surface area contributed by atoms with Gasteiger partial charge >= 0.3 is 140 Å². The predicted molar refractivity (Wildman–Crippen MR) is 77.2 cm³/mol. The summed E-state index contributed by atoms with van der Waals surface area (Å²) in [6, 6.07) is 8.80. The molecule has 0 atom stereocenters. The third kappa shape index (κ3) is 2.70. The number of non-ortho nitro benzene ring substituents is 1. The standard InChI is InChI=1S/C13H9N2O2.C2H4O2.Hg/c14-10-1-3-12-8(6-10)5-9-7-11(15(16)17)2-4-13(9)12;1-2(3)4;/h2-4,6-7H,5,14H2;1H3,(H,3,4);/q;;+1/p-1. The number of carbonyl (C=O) groups excluding carboxylic acids is 1. The fourth-order valence-electron chi connectivity index (χ4n) is 2.72. The molecular weight excluding hydrogens is 473 g/mol. The van der Waals surface area contributed by atoms with E-state index in [-0.39, 0.29) is 16.6 Å². The van der Waals surface area contributed by atoms with Gasteiger partial charge in [0.1, 0.15) is 0 Å². The number of nitrogen functional groups attached to an aromatic ring is 1. The quantitative estimate of drug-likeness (QED) is 0.265. The average Bonchev–Trinajstić information content (AvgIpc) is 2.80. The van der Waals surface area contributed by atoms with Crippen LogP contribution in [0.4, 0.5) is 11.4 Å². The summed E-state index contributed by atoms with van der Waals surface area (Å²) in [5, 5.41) is 10.9. The van der Waals surface area contributed by atoms with Gasteiger partial charge in [-0.3, -0.25) is 0 Å². The van der Waals surface area contributed by atoms with Gasteiger partial charge in [-0.05, 0) is 0 Å². The number of rotatable bonds is 3. The molecule has 7 heteroatoms. The summed E-state index contributed by atoms with van der Waals surface area (Å²) in [4.78, 5) is 21.5. The van der Waals surface area contributed by atoms with Crippen LogP contribution in [-0.2, 0) is 38.9 Å². The maximum atomic E-state index is 11.0. The van der Waals surface area contributed by atoms with Gasteiger partial charge < -0.3 is 0 Å². The van der Waals surface area contributed by atoms with Gasteiger partial charge in [0.2, 0.25) is 0 Å². The number of nitro benzene ring substituents is 1. The molecule has 0 saturated carbocycles. The summed E-state index contributed by atoms with van der Waals surface area (Å²) in [6.07, 6.45) is 0.640. The zero-order chi connectivity index (χ0) is 15.9. The van der Waals surface area contributed by atoms with Gasteiger partial charge in [-0.15, -0.1) is 0 Å². The normalized spacial score (nSPS) is 11.3. The van der Waals surface area contributed by atoms with Crippen molar-refractivity contribution in [2.24, 2.45) is 0 Å². The first kappa shape index (κ1) is 15.0. The topological polar surface area (TPSA) is 95.5 Å². The van der Waals surface area contributed by atoms with E-state index >= 15 is 0 Å². The molecule has 6 nitrogen and oxygen atoms in total. The molecule has 2 aromatic carbocycles. The van der Waals surface area contributed by atoms with Gasteiger partial charge in [0.25, 0.3) is 0 Å². The Morgan fingerprint density at radius 2 is 2.00 bits per heavy atom. The van der Waals surface area contributed by atoms with E-state index in [0.717, 1.165) is 25.3 Å². The monoisotopic (exact) mass is 486 g/mol. The van der Waals surface area contributed by atoms with Crippen LogP contribution in [0.15, 0.2) is 30.3 Å². The fraction of sp³-hybridized carbons (Fsp3) is 0.133. The van der Waals surface area contributed by atoms with Crippen molar-refractivity contribution in [2.75, 3.05) is 5.73 Å². The SMILES string of the molecule is CC(=O)[O][Hg][c]1cc2c(cc1N)Cc1cc([N+](=O)[O-])ccc1-2. The van der Waals surface area contributed by atoms with E-state index < -0.39 is 25.0 Å². The molecular formula is C15H12HgN2O4. The van der Waals surface area contributed by atoms with Crippen LogP contribution in [-0.4, -0.2) is 10.9 Å². The maximum absolute atomic E-state index is 11.0. The van der Waals surface area contributed by atoms with Crippen molar-refractivity contribution >= 4 is 20.4 Å². The number of nitrogens with two attached hydrogens (primary N) is 1. The van der Waals surface area contributed by atoms with E-state index in [4.69, 9.17) is 8.38 Å². The van der Waals surface area contributed by atoms with E-state index in [1.54, 1.807) is 12.1 Å². The molecule has 22 heavy (non-hydrogen) atoms. The molecule has 0 heterocycles. The molecule has 0 fully saturated rings. The van der Waals surface area contributed by atoms with E-state index in [9.17, 15) is 14.9 Å². The molecule has 0 unspecified atom stereocenters. The molecule has 2 aromatic rings. The average molecular weight is 485 g/mol. The first-order chi connectivity index (χ1) is 10.5. The van der Waals surface area contributed by atoms with Crippen LogP contribution >= 0.6 is 0 Å². The van der Waals surface area contributed by atoms with Crippen LogP contribution in [0.2, 0.25) is 0 Å². The van der Waals surface area contributed by atoms with Crippen LogP contribution < -0.4 is 8.81 Å². The molecule has 0 radical (unpaired) electrons. The van der Waals surface area contributed by atoms with Gasteiger partial charge in [0.05, 0.1) is 0 Å². The zero-order valence-electron chi connectivity index (χ0n) is 12.0. The van der Waals surface area contributed by atoms with Crippen molar-refractivity contribution in [3.63, 3.8) is 0 Å². The summed E-state index contributed by atoms with van der Waals surface area (Å²) in [6.45, 7) is 1.40. The van der Waals surface area contributed by atoms with Crippen molar-refractivity contribution in [3.8, 4) is 11.1 Å². The minimum atomic E-state index is -2.01. The van der Waals surface area contributed by atoms with Gasteiger partial charge in [-0.2, -0.15) is 0 Å². The second-order valence-corrected chi connectivity index (χ2v) is 10.5. The Labute approximate surface area is 139 Å². The molecule has 0 spiro atoms. The van der Waals surface area contributed by atoms with Gasteiger partial charge in [0.15, 0.2) is 0 Å². The number of hydrogen-bond donors (Lipinski definition) is 1. The Morgan fingerprint density at radius 1 is 1.27 bits per heavy atom. The van der Waals surface area contributed by atoms with Gasteiger partial charge in [0, 0.05) is 0 Å². The van der Waals surface area contributed by atoms with Crippen molar-refractivity contribution in [3.05, 3.63) is 51.6 Å². The van der Waals surface area contributed by atoms with Crippen LogP contribution in [0.25, 0.3) is 11.1 Å². The predicted octanol–water partition coefficient (Wildman–Crippen LogP) is 1.93. The third-order valence-electron chi connectivity index (χ3n) is 3.77. The molecule has 0 saturated heterocycles. The molecule has 3 rings (SSSR count). The summed E-state index contributed by atoms with van der Waals surface area (Å²) in [7, 11) is 0. The number of nitrogens with zero attached hydrogens (tertiary/aromatic N) is 1. The first-order valence-corrected chi connectivity index (χ1v) is 11.8. The number of carbonyl (C=O) groups is 1. The van der Waals surface area contributed by atoms with E-state index in [0.29, 0.717) is 12.1 Å². The van der Waals surface area contributed by atoms with E-state index in [1.165, 1.54) is 13.0 Å². The second kappa shape index (κ2) is 5.68. The molecule has 0 amide bonds. The molecule has 1 aliphatic carbocycles. The Morgan fingerprint density at radius 3 is 2.68 bits per heavy atom. The molecule has 1 aliphatic rings. The van der Waals surface area contributed by atoms with Crippen LogP contribution in [0.1, 0.15) is 18.1 Å². The number of fused-ring (bicyclic) bond motifs is 3. The van der Waals surface area contributed by atoms with Crippen molar-refractivity contribution in [1.29, 1.82) is 0 Å². The zero-order valence-corrected chi connectivity index (χ0v) is 17.5. The van der Waals surface area contributed by atoms with E-state index in [2.05, 4.69) is 0 Å². The fourth-order valence-corrected chi connectivity index (χ4v) is 6.27. The molecule has 0 bridgehead atoms. The third-order valence-corrected chi connectivity index (χ3v) is 9.50. The van der Waals surface area contributed by atoms with Crippen LogP contribution in [0, 0.1) is 10.1 Å². The Bertz CT molecular complexity index is 804. The van der Waals surface area contributed by atoms with Crippen molar-refractivity contribution in [2.45, 2.75) is 13.3 Å². The Hall–Kier alpha value is -1.95. The van der Waals surface area contributed by atoms with Gasteiger partial charge in [-0.25, -0.2) is 0 Å². The summed E-state index contributed by atoms with van der Waals surface area (Å²) >= 11 is -2.01. The molecule has 108 valence electrons. The summed E-state index contributed by atoms with van der Waals surface area (Å²) in [5.74, 6) is -0.266. The minimum absolute atomic E-state index is 0.0969. The molecule has 0 aromatic heterocycles. The summed E-state index contributed by atoms with van der Waals surface area (Å²) < 4.78 is 6.18. The van der Waals surface area contributed by atoms with Crippen molar-refractivity contribution < 1.29 is 37.4 Å².